The quantitative estimate of drug-likeness (QED) is 0.233. The van der Waals surface area contributed by atoms with Gasteiger partial charge in [0.1, 0.15) is 23.7 Å². The monoisotopic (exact) mass is 566 g/mol. The standard InChI is InChI=1S/C29H33F3N8O/c1-6-22-16-27(35-17-34-22)40-28(11-19(3)38-40)36-23-12-20(8-7-18(23)2)13-24(41)21-14-25(29(30,31)32)37-26(15-21)33-9-10-39(4)5/h7-8,11-12,14-17,36H,6,9-10,13H2,1-5H3,(H,33,37). The molecule has 0 aliphatic carbocycles. The largest absolute Gasteiger partial charge is 0.433 e. The molecule has 4 rings (SSSR count). The highest BCUT2D eigenvalue weighted by atomic mass is 19.4. The van der Waals surface area contributed by atoms with E-state index in [1.807, 2.05) is 64.0 Å². The Labute approximate surface area is 236 Å². The molecule has 12 heteroatoms. The normalized spacial score (nSPS) is 11.6. The summed E-state index contributed by atoms with van der Waals surface area (Å²) in [6.45, 7) is 6.78. The minimum atomic E-state index is -4.68. The second kappa shape index (κ2) is 12.5. The third-order valence-corrected chi connectivity index (χ3v) is 6.35. The molecule has 0 fully saturated rings. The molecule has 0 spiro atoms. The van der Waals surface area contributed by atoms with Crippen molar-refractivity contribution >= 4 is 23.1 Å². The van der Waals surface area contributed by atoms with Gasteiger partial charge < -0.3 is 15.5 Å². The maximum Gasteiger partial charge on any atom is 0.433 e. The molecule has 0 saturated carbocycles. The summed E-state index contributed by atoms with van der Waals surface area (Å²) in [6, 6.07) is 11.4. The summed E-state index contributed by atoms with van der Waals surface area (Å²) in [4.78, 5) is 27.4. The number of halogens is 3. The first-order valence-electron chi connectivity index (χ1n) is 13.2. The fourth-order valence-electron chi connectivity index (χ4n) is 4.13. The summed E-state index contributed by atoms with van der Waals surface area (Å²) < 4.78 is 42.4. The van der Waals surface area contributed by atoms with Gasteiger partial charge in [-0.05, 0) is 63.7 Å². The van der Waals surface area contributed by atoms with Crippen LogP contribution in [0.3, 0.4) is 0 Å². The maximum absolute atomic E-state index is 13.6. The SMILES string of the molecule is CCc1cc(-n2nc(C)cc2Nc2cc(CC(=O)c3cc(NCCN(C)C)nc(C(F)(F)F)c3)ccc2C)ncn1. The van der Waals surface area contributed by atoms with Crippen LogP contribution in [0.1, 0.15) is 45.5 Å². The van der Waals surface area contributed by atoms with Crippen LogP contribution in [0.2, 0.25) is 0 Å². The first-order chi connectivity index (χ1) is 19.4. The number of benzene rings is 1. The van der Waals surface area contributed by atoms with Crippen LogP contribution in [0.25, 0.3) is 5.82 Å². The van der Waals surface area contributed by atoms with Crippen molar-refractivity contribution in [3.8, 4) is 5.82 Å². The van der Waals surface area contributed by atoms with E-state index < -0.39 is 17.7 Å². The third-order valence-electron chi connectivity index (χ3n) is 6.35. The van der Waals surface area contributed by atoms with Crippen molar-refractivity contribution in [3.05, 3.63) is 82.6 Å². The van der Waals surface area contributed by atoms with Gasteiger partial charge in [0, 0.05) is 48.6 Å². The van der Waals surface area contributed by atoms with Crippen molar-refractivity contribution in [2.75, 3.05) is 37.8 Å². The Bertz CT molecular complexity index is 1530. The summed E-state index contributed by atoms with van der Waals surface area (Å²) in [7, 11) is 3.71. The topological polar surface area (TPSA) is 101 Å². The Morgan fingerprint density at radius 2 is 1.83 bits per heavy atom. The van der Waals surface area contributed by atoms with Gasteiger partial charge in [-0.1, -0.05) is 19.1 Å². The molecule has 2 N–H and O–H groups in total. The number of hydrogen-bond acceptors (Lipinski definition) is 8. The van der Waals surface area contributed by atoms with E-state index in [1.165, 1.54) is 12.4 Å². The maximum atomic E-state index is 13.6. The third kappa shape index (κ3) is 7.66. The molecule has 0 unspecified atom stereocenters. The number of likely N-dealkylation sites (N-methyl/N-ethyl adjacent to an activating group) is 1. The van der Waals surface area contributed by atoms with E-state index in [9.17, 15) is 18.0 Å². The van der Waals surface area contributed by atoms with Crippen LogP contribution in [0.5, 0.6) is 0 Å². The summed E-state index contributed by atoms with van der Waals surface area (Å²) in [5.41, 5.74) is 2.79. The highest BCUT2D eigenvalue weighted by Gasteiger charge is 2.34. The van der Waals surface area contributed by atoms with Crippen LogP contribution in [0.4, 0.5) is 30.5 Å². The molecule has 41 heavy (non-hydrogen) atoms. The summed E-state index contributed by atoms with van der Waals surface area (Å²) in [5.74, 6) is 0.852. The Balaban J connectivity index is 1.58. The smallest absolute Gasteiger partial charge is 0.369 e. The number of anilines is 3. The predicted molar refractivity (Wildman–Crippen MR) is 152 cm³/mol. The number of pyridine rings is 1. The van der Waals surface area contributed by atoms with Gasteiger partial charge in [0.2, 0.25) is 0 Å². The number of alkyl halides is 3. The molecule has 0 saturated heterocycles. The molecule has 0 atom stereocenters. The summed E-state index contributed by atoms with van der Waals surface area (Å²) in [6.07, 6.45) is -2.52. The van der Waals surface area contributed by atoms with Crippen LogP contribution in [-0.2, 0) is 19.0 Å². The van der Waals surface area contributed by atoms with Crippen LogP contribution in [0.15, 0.2) is 48.8 Å². The number of aryl methyl sites for hydroxylation is 3. The number of Topliss-reactive ketones (excluding diaryl/α,β-unsaturated/α-hetero) is 1. The van der Waals surface area contributed by atoms with E-state index in [-0.39, 0.29) is 17.8 Å². The lowest BCUT2D eigenvalue weighted by Gasteiger charge is -2.15. The number of aromatic nitrogens is 5. The van der Waals surface area contributed by atoms with Gasteiger partial charge in [-0.3, -0.25) is 4.79 Å². The average molecular weight is 567 g/mol. The molecule has 0 amide bonds. The van der Waals surface area contributed by atoms with Gasteiger partial charge in [-0.15, -0.1) is 0 Å². The van der Waals surface area contributed by atoms with Gasteiger partial charge >= 0.3 is 6.18 Å². The van der Waals surface area contributed by atoms with Crippen LogP contribution >= 0.6 is 0 Å². The van der Waals surface area contributed by atoms with Gasteiger partial charge in [-0.2, -0.15) is 23.0 Å². The van der Waals surface area contributed by atoms with Crippen LogP contribution in [0, 0.1) is 13.8 Å². The molecule has 0 radical (unpaired) electrons. The zero-order valence-electron chi connectivity index (χ0n) is 23.7. The number of nitrogens with zero attached hydrogens (tertiary/aromatic N) is 6. The van der Waals surface area contributed by atoms with Crippen molar-refractivity contribution in [1.29, 1.82) is 0 Å². The Kier molecular flexibility index (Phi) is 9.01. The number of ketones is 1. The van der Waals surface area contributed by atoms with E-state index in [0.717, 1.165) is 35.1 Å². The van der Waals surface area contributed by atoms with Crippen molar-refractivity contribution in [2.24, 2.45) is 0 Å². The molecule has 1 aromatic carbocycles. The number of carbonyl (C=O) groups is 1. The fourth-order valence-corrected chi connectivity index (χ4v) is 4.13. The number of nitrogens with one attached hydrogen (secondary N) is 2. The van der Waals surface area contributed by atoms with Crippen LogP contribution in [-0.4, -0.2) is 62.6 Å². The molecule has 0 aliphatic rings. The Hall–Kier alpha value is -4.32. The minimum Gasteiger partial charge on any atom is -0.369 e. The molecular formula is C29H33F3N8O. The molecule has 3 heterocycles. The first kappa shape index (κ1) is 29.7. The van der Waals surface area contributed by atoms with E-state index in [4.69, 9.17) is 0 Å². The van der Waals surface area contributed by atoms with Gasteiger partial charge in [0.25, 0.3) is 0 Å². The van der Waals surface area contributed by atoms with Crippen molar-refractivity contribution in [2.45, 2.75) is 39.8 Å². The zero-order chi connectivity index (χ0) is 29.7. The lowest BCUT2D eigenvalue weighted by atomic mass is 10.0. The molecule has 0 bridgehead atoms. The molecule has 4 aromatic rings. The lowest BCUT2D eigenvalue weighted by molar-refractivity contribution is -0.141. The first-order valence-corrected chi connectivity index (χ1v) is 13.2. The molecule has 9 nitrogen and oxygen atoms in total. The number of carbonyl (C=O) groups excluding carboxylic acids is 1. The second-order valence-corrected chi connectivity index (χ2v) is 10.0. The van der Waals surface area contributed by atoms with Crippen LogP contribution < -0.4 is 10.6 Å². The van der Waals surface area contributed by atoms with Crippen molar-refractivity contribution < 1.29 is 18.0 Å². The Morgan fingerprint density at radius 3 is 2.54 bits per heavy atom. The fraction of sp³-hybridized carbons (Fsp3) is 0.345. The van der Waals surface area contributed by atoms with E-state index in [2.05, 4.69) is 30.7 Å². The highest BCUT2D eigenvalue weighted by Crippen LogP contribution is 2.30. The van der Waals surface area contributed by atoms with E-state index in [1.54, 1.807) is 10.7 Å². The number of rotatable bonds is 11. The Morgan fingerprint density at radius 1 is 1.05 bits per heavy atom. The summed E-state index contributed by atoms with van der Waals surface area (Å²) in [5, 5.41) is 10.8. The van der Waals surface area contributed by atoms with E-state index >= 15 is 0 Å². The van der Waals surface area contributed by atoms with Gasteiger partial charge in [0.15, 0.2) is 11.6 Å². The van der Waals surface area contributed by atoms with Crippen molar-refractivity contribution in [3.63, 3.8) is 0 Å². The van der Waals surface area contributed by atoms with Gasteiger partial charge in [0.05, 0.1) is 5.69 Å². The highest BCUT2D eigenvalue weighted by molar-refractivity contribution is 5.98. The van der Waals surface area contributed by atoms with Crippen molar-refractivity contribution in [1.82, 2.24) is 29.6 Å². The number of hydrogen-bond donors (Lipinski definition) is 2. The molecular weight excluding hydrogens is 533 g/mol. The van der Waals surface area contributed by atoms with Gasteiger partial charge in [-0.25, -0.2) is 15.0 Å². The molecule has 0 aliphatic heterocycles. The zero-order valence-corrected chi connectivity index (χ0v) is 23.7. The molecule has 3 aromatic heterocycles. The lowest BCUT2D eigenvalue weighted by Crippen LogP contribution is -2.22. The minimum absolute atomic E-state index is 0.0101. The molecule has 216 valence electrons. The average Bonchev–Trinajstić information content (AvgIpc) is 3.29. The summed E-state index contributed by atoms with van der Waals surface area (Å²) >= 11 is 0. The second-order valence-electron chi connectivity index (χ2n) is 10.0. The van der Waals surface area contributed by atoms with E-state index in [0.29, 0.717) is 30.3 Å². The predicted octanol–water partition coefficient (Wildman–Crippen LogP) is 5.40.